The van der Waals surface area contributed by atoms with E-state index in [9.17, 15) is 8.78 Å². The first-order valence-electron chi connectivity index (χ1n) is 7.49. The fourth-order valence-electron chi connectivity index (χ4n) is 3.01. The second-order valence-electron chi connectivity index (χ2n) is 6.00. The van der Waals surface area contributed by atoms with E-state index in [1.54, 1.807) is 0 Å². The van der Waals surface area contributed by atoms with Crippen LogP contribution in [-0.4, -0.2) is 24.5 Å². The number of nitrogens with two attached hydrogens (primary N) is 1. The Morgan fingerprint density at radius 3 is 2.37 bits per heavy atom. The molecule has 0 radical (unpaired) electrons. The highest BCUT2D eigenvalue weighted by Gasteiger charge is 2.34. The van der Waals surface area contributed by atoms with Gasteiger partial charge in [0, 0.05) is 25.4 Å². The van der Waals surface area contributed by atoms with Gasteiger partial charge in [0.2, 0.25) is 5.92 Å². The summed E-state index contributed by atoms with van der Waals surface area (Å²) in [7, 11) is 0. The van der Waals surface area contributed by atoms with Gasteiger partial charge in [-0.3, -0.25) is 4.99 Å². The van der Waals surface area contributed by atoms with Gasteiger partial charge in [0.1, 0.15) is 0 Å². The van der Waals surface area contributed by atoms with E-state index in [1.807, 2.05) is 0 Å². The summed E-state index contributed by atoms with van der Waals surface area (Å²) < 4.78 is 26.0. The number of alkyl halides is 2. The van der Waals surface area contributed by atoms with Crippen molar-refractivity contribution in [3.63, 3.8) is 0 Å². The smallest absolute Gasteiger partial charge is 0.248 e. The molecule has 2 aliphatic rings. The molecule has 0 amide bonds. The van der Waals surface area contributed by atoms with Crippen LogP contribution in [-0.2, 0) is 0 Å². The largest absolute Gasteiger partial charge is 0.370 e. The molecule has 110 valence electrons. The minimum absolute atomic E-state index is 0.00312. The molecule has 2 fully saturated rings. The Kier molecular flexibility index (Phi) is 4.99. The van der Waals surface area contributed by atoms with Gasteiger partial charge in [0.15, 0.2) is 5.96 Å². The zero-order chi connectivity index (χ0) is 13.7. The van der Waals surface area contributed by atoms with Crippen molar-refractivity contribution in [1.82, 2.24) is 5.32 Å². The average Bonchev–Trinajstić information content (AvgIpc) is 2.39. The van der Waals surface area contributed by atoms with Crippen molar-refractivity contribution in [3.05, 3.63) is 0 Å². The molecule has 0 aliphatic heterocycles. The van der Waals surface area contributed by atoms with E-state index in [1.165, 1.54) is 19.3 Å². The SMILES string of the molecule is NC(=NCC1CCC(F)(F)CC1)NC1CCCCC1. The van der Waals surface area contributed by atoms with Crippen LogP contribution in [0.1, 0.15) is 57.8 Å². The highest BCUT2D eigenvalue weighted by atomic mass is 19.3. The Morgan fingerprint density at radius 2 is 1.74 bits per heavy atom. The third-order valence-electron chi connectivity index (χ3n) is 4.31. The van der Waals surface area contributed by atoms with Crippen LogP contribution in [0.5, 0.6) is 0 Å². The first kappa shape index (κ1) is 14.5. The van der Waals surface area contributed by atoms with E-state index >= 15 is 0 Å². The molecule has 0 aromatic carbocycles. The van der Waals surface area contributed by atoms with Gasteiger partial charge in [0.25, 0.3) is 0 Å². The van der Waals surface area contributed by atoms with Crippen molar-refractivity contribution in [3.8, 4) is 0 Å². The van der Waals surface area contributed by atoms with E-state index in [0.29, 0.717) is 31.4 Å². The van der Waals surface area contributed by atoms with Gasteiger partial charge in [-0.05, 0) is 31.6 Å². The lowest BCUT2D eigenvalue weighted by atomic mass is 9.87. The molecule has 19 heavy (non-hydrogen) atoms. The lowest BCUT2D eigenvalue weighted by Crippen LogP contribution is -2.41. The molecule has 2 aliphatic carbocycles. The maximum atomic E-state index is 13.0. The van der Waals surface area contributed by atoms with E-state index in [0.717, 1.165) is 12.8 Å². The van der Waals surface area contributed by atoms with Gasteiger partial charge in [0.05, 0.1) is 0 Å². The zero-order valence-corrected chi connectivity index (χ0v) is 11.5. The lowest BCUT2D eigenvalue weighted by Gasteiger charge is -2.27. The highest BCUT2D eigenvalue weighted by molar-refractivity contribution is 5.78. The van der Waals surface area contributed by atoms with Crippen LogP contribution in [0.2, 0.25) is 0 Å². The average molecular weight is 273 g/mol. The monoisotopic (exact) mass is 273 g/mol. The van der Waals surface area contributed by atoms with Crippen LogP contribution in [0, 0.1) is 5.92 Å². The topological polar surface area (TPSA) is 50.4 Å². The predicted octanol–water partition coefficient (Wildman–Crippen LogP) is 3.05. The number of hydrogen-bond donors (Lipinski definition) is 2. The number of rotatable bonds is 3. The molecule has 0 spiro atoms. The molecule has 3 N–H and O–H groups in total. The van der Waals surface area contributed by atoms with Crippen LogP contribution in [0.25, 0.3) is 0 Å². The molecule has 0 aromatic heterocycles. The van der Waals surface area contributed by atoms with Crippen LogP contribution in [0.15, 0.2) is 4.99 Å². The van der Waals surface area contributed by atoms with Crippen LogP contribution >= 0.6 is 0 Å². The lowest BCUT2D eigenvalue weighted by molar-refractivity contribution is -0.0446. The van der Waals surface area contributed by atoms with Crippen molar-refractivity contribution < 1.29 is 8.78 Å². The maximum absolute atomic E-state index is 13.0. The summed E-state index contributed by atoms with van der Waals surface area (Å²) in [5.41, 5.74) is 5.87. The van der Waals surface area contributed by atoms with Crippen molar-refractivity contribution in [2.24, 2.45) is 16.6 Å². The number of halogens is 2. The molecule has 0 unspecified atom stereocenters. The number of guanidine groups is 1. The number of nitrogens with zero attached hydrogens (tertiary/aromatic N) is 1. The number of nitrogens with one attached hydrogen (secondary N) is 1. The van der Waals surface area contributed by atoms with Crippen molar-refractivity contribution in [2.75, 3.05) is 6.54 Å². The van der Waals surface area contributed by atoms with Crippen molar-refractivity contribution in [2.45, 2.75) is 69.8 Å². The summed E-state index contributed by atoms with van der Waals surface area (Å²) in [6, 6.07) is 0.452. The standard InChI is InChI=1S/C14H25F2N3/c15-14(16)8-6-11(7-9-14)10-18-13(17)19-12-4-2-1-3-5-12/h11-12H,1-10H2,(H3,17,18,19). The summed E-state index contributed by atoms with van der Waals surface area (Å²) in [6.07, 6.45) is 7.27. The first-order valence-corrected chi connectivity index (χ1v) is 7.49. The zero-order valence-electron chi connectivity index (χ0n) is 11.5. The van der Waals surface area contributed by atoms with E-state index in [4.69, 9.17) is 5.73 Å². The summed E-state index contributed by atoms with van der Waals surface area (Å²) in [4.78, 5) is 4.33. The molecular weight excluding hydrogens is 248 g/mol. The van der Waals surface area contributed by atoms with Gasteiger partial charge < -0.3 is 11.1 Å². The molecule has 2 saturated carbocycles. The molecule has 0 saturated heterocycles. The first-order chi connectivity index (χ1) is 9.05. The fourth-order valence-corrected chi connectivity index (χ4v) is 3.01. The Bertz CT molecular complexity index is 302. The van der Waals surface area contributed by atoms with E-state index in [2.05, 4.69) is 10.3 Å². The Labute approximate surface area is 114 Å². The third kappa shape index (κ3) is 4.96. The summed E-state index contributed by atoms with van der Waals surface area (Å²) in [5.74, 6) is -1.69. The molecule has 0 atom stereocenters. The van der Waals surface area contributed by atoms with E-state index < -0.39 is 5.92 Å². The minimum Gasteiger partial charge on any atom is -0.370 e. The summed E-state index contributed by atoms with van der Waals surface area (Å²) in [6.45, 7) is 0.585. The molecule has 0 aromatic rings. The number of hydrogen-bond acceptors (Lipinski definition) is 1. The van der Waals surface area contributed by atoms with E-state index in [-0.39, 0.29) is 18.8 Å². The predicted molar refractivity (Wildman–Crippen MR) is 73.4 cm³/mol. The summed E-state index contributed by atoms with van der Waals surface area (Å²) in [5, 5.41) is 3.25. The van der Waals surface area contributed by atoms with Gasteiger partial charge >= 0.3 is 0 Å². The van der Waals surface area contributed by atoms with Gasteiger partial charge in [-0.15, -0.1) is 0 Å². The van der Waals surface area contributed by atoms with Gasteiger partial charge in [-0.1, -0.05) is 19.3 Å². The Morgan fingerprint density at radius 1 is 1.11 bits per heavy atom. The molecule has 5 heteroatoms. The molecule has 0 heterocycles. The van der Waals surface area contributed by atoms with Crippen LogP contribution in [0.3, 0.4) is 0 Å². The normalized spacial score (nSPS) is 26.3. The second-order valence-corrected chi connectivity index (χ2v) is 6.00. The highest BCUT2D eigenvalue weighted by Crippen LogP contribution is 2.36. The minimum atomic E-state index is -2.45. The maximum Gasteiger partial charge on any atom is 0.248 e. The number of aliphatic imine (C=N–C) groups is 1. The quantitative estimate of drug-likeness (QED) is 0.613. The van der Waals surface area contributed by atoms with Gasteiger partial charge in [-0.25, -0.2) is 8.78 Å². The Hall–Kier alpha value is -0.870. The molecular formula is C14H25F2N3. The molecule has 3 nitrogen and oxygen atoms in total. The van der Waals surface area contributed by atoms with Crippen molar-refractivity contribution in [1.29, 1.82) is 0 Å². The van der Waals surface area contributed by atoms with Crippen LogP contribution in [0.4, 0.5) is 8.78 Å². The fraction of sp³-hybridized carbons (Fsp3) is 0.929. The van der Waals surface area contributed by atoms with Crippen LogP contribution < -0.4 is 11.1 Å². The third-order valence-corrected chi connectivity index (χ3v) is 4.31. The summed E-state index contributed by atoms with van der Waals surface area (Å²) >= 11 is 0. The second kappa shape index (κ2) is 6.53. The molecule has 0 bridgehead atoms. The van der Waals surface area contributed by atoms with Gasteiger partial charge in [-0.2, -0.15) is 0 Å². The van der Waals surface area contributed by atoms with Crippen molar-refractivity contribution >= 4 is 5.96 Å². The molecule has 2 rings (SSSR count). The Balaban J connectivity index is 1.69.